The molecule has 1 unspecified atom stereocenters. The zero-order chi connectivity index (χ0) is 11.1. The molecule has 0 spiro atoms. The molecule has 0 bridgehead atoms. The summed E-state index contributed by atoms with van der Waals surface area (Å²) >= 11 is 0. The van der Waals surface area contributed by atoms with Crippen LogP contribution in [-0.4, -0.2) is 22.7 Å². The first-order chi connectivity index (χ1) is 7.24. The van der Waals surface area contributed by atoms with E-state index in [1.165, 1.54) is 0 Å². The Labute approximate surface area is 91.5 Å². The van der Waals surface area contributed by atoms with Crippen LogP contribution in [0.25, 0.3) is 0 Å². The van der Waals surface area contributed by atoms with Crippen molar-refractivity contribution >= 4 is 0 Å². The van der Waals surface area contributed by atoms with Gasteiger partial charge in [0.15, 0.2) is 0 Å². The smallest absolute Gasteiger partial charge is 0.0541 e. The molecule has 0 aliphatic rings. The standard InChI is InChI=1S/C12H20N2O/c1-10(2)12(6-8-15)14-9-11-5-3-4-7-13-11/h3-5,7,10,12,14-15H,6,8-9H2,1-2H3. The number of hydrogen-bond acceptors (Lipinski definition) is 3. The number of aliphatic hydroxyl groups excluding tert-OH is 1. The molecule has 84 valence electrons. The number of aliphatic hydroxyl groups is 1. The molecule has 0 aliphatic heterocycles. The van der Waals surface area contributed by atoms with Crippen LogP contribution in [0.3, 0.4) is 0 Å². The van der Waals surface area contributed by atoms with Crippen molar-refractivity contribution in [1.29, 1.82) is 0 Å². The summed E-state index contributed by atoms with van der Waals surface area (Å²) in [5.41, 5.74) is 1.04. The minimum atomic E-state index is 0.234. The van der Waals surface area contributed by atoms with E-state index in [1.54, 1.807) is 6.20 Å². The number of aromatic nitrogens is 1. The molecule has 0 aromatic carbocycles. The maximum Gasteiger partial charge on any atom is 0.0541 e. The highest BCUT2D eigenvalue weighted by Crippen LogP contribution is 2.06. The fourth-order valence-electron chi connectivity index (χ4n) is 1.55. The molecular weight excluding hydrogens is 188 g/mol. The third kappa shape index (κ3) is 4.40. The van der Waals surface area contributed by atoms with Crippen LogP contribution in [0.4, 0.5) is 0 Å². The van der Waals surface area contributed by atoms with E-state index in [0.29, 0.717) is 12.0 Å². The van der Waals surface area contributed by atoms with Crippen molar-refractivity contribution in [3.63, 3.8) is 0 Å². The molecular formula is C12H20N2O. The molecule has 1 heterocycles. The summed E-state index contributed by atoms with van der Waals surface area (Å²) in [7, 11) is 0. The lowest BCUT2D eigenvalue weighted by Gasteiger charge is -2.21. The van der Waals surface area contributed by atoms with Gasteiger partial charge < -0.3 is 10.4 Å². The van der Waals surface area contributed by atoms with Crippen LogP contribution in [0.5, 0.6) is 0 Å². The summed E-state index contributed by atoms with van der Waals surface area (Å²) in [5, 5.41) is 12.3. The third-order valence-electron chi connectivity index (χ3n) is 2.52. The Balaban J connectivity index is 2.40. The van der Waals surface area contributed by atoms with Gasteiger partial charge in [-0.25, -0.2) is 0 Å². The summed E-state index contributed by atoms with van der Waals surface area (Å²) in [6.07, 6.45) is 2.60. The van der Waals surface area contributed by atoms with E-state index < -0.39 is 0 Å². The number of hydrogen-bond donors (Lipinski definition) is 2. The van der Waals surface area contributed by atoms with Gasteiger partial charge in [0.25, 0.3) is 0 Å². The molecule has 0 fully saturated rings. The van der Waals surface area contributed by atoms with Crippen LogP contribution in [-0.2, 0) is 6.54 Å². The fourth-order valence-corrected chi connectivity index (χ4v) is 1.55. The molecule has 0 saturated carbocycles. The fraction of sp³-hybridized carbons (Fsp3) is 0.583. The third-order valence-corrected chi connectivity index (χ3v) is 2.52. The topological polar surface area (TPSA) is 45.1 Å². The van der Waals surface area contributed by atoms with Gasteiger partial charge >= 0.3 is 0 Å². The summed E-state index contributed by atoms with van der Waals surface area (Å²) in [6.45, 7) is 5.32. The zero-order valence-corrected chi connectivity index (χ0v) is 9.48. The van der Waals surface area contributed by atoms with Gasteiger partial charge in [0, 0.05) is 25.4 Å². The summed E-state index contributed by atoms with van der Waals surface area (Å²) < 4.78 is 0. The molecule has 3 heteroatoms. The summed E-state index contributed by atoms with van der Waals surface area (Å²) in [6, 6.07) is 6.26. The lowest BCUT2D eigenvalue weighted by Crippen LogP contribution is -2.34. The lowest BCUT2D eigenvalue weighted by atomic mass is 10.0. The van der Waals surface area contributed by atoms with Crippen molar-refractivity contribution in [2.24, 2.45) is 5.92 Å². The SMILES string of the molecule is CC(C)C(CCO)NCc1ccccn1. The second-order valence-corrected chi connectivity index (χ2v) is 4.06. The van der Waals surface area contributed by atoms with Gasteiger partial charge in [0.2, 0.25) is 0 Å². The quantitative estimate of drug-likeness (QED) is 0.746. The van der Waals surface area contributed by atoms with Gasteiger partial charge in [0.05, 0.1) is 5.69 Å². The van der Waals surface area contributed by atoms with E-state index in [0.717, 1.165) is 18.7 Å². The van der Waals surface area contributed by atoms with E-state index >= 15 is 0 Å². The van der Waals surface area contributed by atoms with Gasteiger partial charge in [-0.15, -0.1) is 0 Å². The molecule has 0 aliphatic carbocycles. The molecule has 1 aromatic rings. The van der Waals surface area contributed by atoms with Crippen molar-refractivity contribution < 1.29 is 5.11 Å². The van der Waals surface area contributed by atoms with E-state index in [9.17, 15) is 0 Å². The van der Waals surface area contributed by atoms with Crippen molar-refractivity contribution in [3.8, 4) is 0 Å². The highest BCUT2D eigenvalue weighted by atomic mass is 16.3. The molecule has 1 atom stereocenters. The van der Waals surface area contributed by atoms with Crippen molar-refractivity contribution in [3.05, 3.63) is 30.1 Å². The number of pyridine rings is 1. The molecule has 2 N–H and O–H groups in total. The predicted molar refractivity (Wildman–Crippen MR) is 61.4 cm³/mol. The molecule has 1 rings (SSSR count). The molecule has 0 radical (unpaired) electrons. The van der Waals surface area contributed by atoms with Crippen LogP contribution >= 0.6 is 0 Å². The van der Waals surface area contributed by atoms with Gasteiger partial charge in [-0.05, 0) is 24.5 Å². The van der Waals surface area contributed by atoms with Gasteiger partial charge in [-0.1, -0.05) is 19.9 Å². The monoisotopic (exact) mass is 208 g/mol. The molecule has 3 nitrogen and oxygen atoms in total. The number of nitrogens with one attached hydrogen (secondary N) is 1. The highest BCUT2D eigenvalue weighted by Gasteiger charge is 2.11. The number of nitrogens with zero attached hydrogens (tertiary/aromatic N) is 1. The van der Waals surface area contributed by atoms with Crippen molar-refractivity contribution in [2.45, 2.75) is 32.9 Å². The first kappa shape index (κ1) is 12.1. The van der Waals surface area contributed by atoms with E-state index in [1.807, 2.05) is 18.2 Å². The summed E-state index contributed by atoms with van der Waals surface area (Å²) in [4.78, 5) is 4.25. The Morgan fingerprint density at radius 2 is 2.20 bits per heavy atom. The van der Waals surface area contributed by atoms with Crippen LogP contribution < -0.4 is 5.32 Å². The van der Waals surface area contributed by atoms with Crippen LogP contribution in [0.15, 0.2) is 24.4 Å². The second-order valence-electron chi connectivity index (χ2n) is 4.06. The average Bonchev–Trinajstić information content (AvgIpc) is 2.25. The normalized spacial score (nSPS) is 13.1. The molecule has 15 heavy (non-hydrogen) atoms. The predicted octanol–water partition coefficient (Wildman–Crippen LogP) is 1.58. The zero-order valence-electron chi connectivity index (χ0n) is 9.48. The Hall–Kier alpha value is -0.930. The maximum absolute atomic E-state index is 8.93. The molecule has 0 saturated heterocycles. The minimum absolute atomic E-state index is 0.234. The Morgan fingerprint density at radius 3 is 2.73 bits per heavy atom. The highest BCUT2D eigenvalue weighted by molar-refractivity contribution is 5.03. The van der Waals surface area contributed by atoms with Crippen molar-refractivity contribution in [1.82, 2.24) is 10.3 Å². The number of rotatable bonds is 6. The lowest BCUT2D eigenvalue weighted by molar-refractivity contribution is 0.243. The van der Waals surface area contributed by atoms with Gasteiger partial charge in [-0.2, -0.15) is 0 Å². The van der Waals surface area contributed by atoms with Gasteiger partial charge in [-0.3, -0.25) is 4.98 Å². The van der Waals surface area contributed by atoms with Crippen LogP contribution in [0, 0.1) is 5.92 Å². The molecule has 0 amide bonds. The minimum Gasteiger partial charge on any atom is -0.396 e. The second kappa shape index (κ2) is 6.53. The average molecular weight is 208 g/mol. The van der Waals surface area contributed by atoms with E-state index in [2.05, 4.69) is 24.1 Å². The van der Waals surface area contributed by atoms with E-state index in [-0.39, 0.29) is 6.61 Å². The first-order valence-electron chi connectivity index (χ1n) is 5.48. The first-order valence-corrected chi connectivity index (χ1v) is 5.48. The van der Waals surface area contributed by atoms with Crippen LogP contribution in [0.1, 0.15) is 26.0 Å². The Kier molecular flexibility index (Phi) is 5.29. The largest absolute Gasteiger partial charge is 0.396 e. The molecule has 1 aromatic heterocycles. The van der Waals surface area contributed by atoms with Gasteiger partial charge in [0.1, 0.15) is 0 Å². The van der Waals surface area contributed by atoms with Crippen molar-refractivity contribution in [2.75, 3.05) is 6.61 Å². The summed E-state index contributed by atoms with van der Waals surface area (Å²) in [5.74, 6) is 0.529. The van der Waals surface area contributed by atoms with E-state index in [4.69, 9.17) is 5.11 Å². The Morgan fingerprint density at radius 1 is 1.40 bits per heavy atom. The Bertz CT molecular complexity index is 262. The van der Waals surface area contributed by atoms with Crippen LogP contribution in [0.2, 0.25) is 0 Å². The maximum atomic E-state index is 8.93.